The van der Waals surface area contributed by atoms with Crippen LogP contribution >= 0.6 is 0 Å². The van der Waals surface area contributed by atoms with Gasteiger partial charge in [0.2, 0.25) is 0 Å². The van der Waals surface area contributed by atoms with Crippen LogP contribution in [0.1, 0.15) is 30.0 Å². The first-order valence-electron chi connectivity index (χ1n) is 7.34. The maximum Gasteiger partial charge on any atom is 0.161 e. The third-order valence-corrected chi connectivity index (χ3v) is 3.42. The van der Waals surface area contributed by atoms with Gasteiger partial charge in [0.05, 0.1) is 20.3 Å². The van der Waals surface area contributed by atoms with E-state index in [0.29, 0.717) is 18.0 Å². The molecule has 0 fully saturated rings. The normalized spacial score (nSPS) is 12.2. The lowest BCUT2D eigenvalue weighted by Crippen LogP contribution is -2.17. The van der Waals surface area contributed by atoms with E-state index in [1.165, 1.54) is 0 Å². The Morgan fingerprint density at radius 2 is 2.05 bits per heavy atom. The number of aliphatic hydroxyl groups is 1. The van der Waals surface area contributed by atoms with E-state index in [4.69, 9.17) is 19.0 Å². The van der Waals surface area contributed by atoms with E-state index in [1.807, 2.05) is 37.3 Å². The van der Waals surface area contributed by atoms with Crippen LogP contribution in [0.2, 0.25) is 0 Å². The summed E-state index contributed by atoms with van der Waals surface area (Å²) in [6.45, 7) is 4.91. The van der Waals surface area contributed by atoms with Crippen molar-refractivity contribution in [3.8, 4) is 11.5 Å². The van der Waals surface area contributed by atoms with E-state index in [0.717, 1.165) is 17.1 Å². The zero-order valence-electron chi connectivity index (χ0n) is 13.3. The van der Waals surface area contributed by atoms with Crippen LogP contribution in [0, 0.1) is 6.92 Å². The van der Waals surface area contributed by atoms with Crippen molar-refractivity contribution in [1.29, 1.82) is 0 Å². The highest BCUT2D eigenvalue weighted by atomic mass is 16.5. The van der Waals surface area contributed by atoms with Crippen molar-refractivity contribution >= 4 is 0 Å². The molecule has 22 heavy (non-hydrogen) atoms. The predicted molar refractivity (Wildman–Crippen MR) is 84.3 cm³/mol. The number of furan rings is 1. The third-order valence-electron chi connectivity index (χ3n) is 3.42. The molecule has 1 heterocycles. The maximum atomic E-state index is 8.83. The van der Waals surface area contributed by atoms with Crippen LogP contribution in [0.5, 0.6) is 11.5 Å². The highest BCUT2D eigenvalue weighted by Crippen LogP contribution is 2.30. The molecule has 1 unspecified atom stereocenters. The number of aliphatic hydroxyl groups excluding tert-OH is 1. The number of ether oxygens (including phenoxy) is 2. The summed E-state index contributed by atoms with van der Waals surface area (Å²) >= 11 is 0. The van der Waals surface area contributed by atoms with Crippen molar-refractivity contribution in [3.63, 3.8) is 0 Å². The monoisotopic (exact) mass is 305 g/mol. The lowest BCUT2D eigenvalue weighted by Gasteiger charge is -2.16. The summed E-state index contributed by atoms with van der Waals surface area (Å²) in [6, 6.07) is 9.86. The van der Waals surface area contributed by atoms with Gasteiger partial charge in [-0.3, -0.25) is 0 Å². The first kappa shape index (κ1) is 16.4. The largest absolute Gasteiger partial charge is 0.493 e. The molecule has 1 aromatic carbocycles. The van der Waals surface area contributed by atoms with Gasteiger partial charge in [0.1, 0.15) is 18.1 Å². The molecule has 0 saturated heterocycles. The molecular formula is C17H23NO4. The topological polar surface area (TPSA) is 63.9 Å². The Kier molecular flexibility index (Phi) is 5.86. The summed E-state index contributed by atoms with van der Waals surface area (Å²) in [6.07, 6.45) is 0. The molecule has 0 spiro atoms. The molecule has 0 amide bonds. The molecule has 5 heteroatoms. The fourth-order valence-electron chi connectivity index (χ4n) is 2.18. The maximum absolute atomic E-state index is 8.83. The number of rotatable bonds is 8. The van der Waals surface area contributed by atoms with Gasteiger partial charge in [-0.25, -0.2) is 0 Å². The number of hydrogen-bond donors (Lipinski definition) is 2. The van der Waals surface area contributed by atoms with Crippen molar-refractivity contribution in [3.05, 3.63) is 47.4 Å². The SMILES string of the molecule is COc1cc(C(C)NCc2ccc(C)o2)ccc1OCCO. The Morgan fingerprint density at radius 1 is 1.23 bits per heavy atom. The minimum absolute atomic E-state index is 0.0224. The van der Waals surface area contributed by atoms with Crippen LogP contribution < -0.4 is 14.8 Å². The summed E-state index contributed by atoms with van der Waals surface area (Å²) in [5, 5.41) is 12.2. The summed E-state index contributed by atoms with van der Waals surface area (Å²) in [7, 11) is 1.61. The van der Waals surface area contributed by atoms with E-state index in [-0.39, 0.29) is 19.3 Å². The van der Waals surface area contributed by atoms with Gasteiger partial charge < -0.3 is 24.3 Å². The molecule has 0 radical (unpaired) electrons. The molecule has 0 aliphatic rings. The van der Waals surface area contributed by atoms with Crippen LogP contribution in [0.15, 0.2) is 34.7 Å². The molecule has 1 aromatic heterocycles. The van der Waals surface area contributed by atoms with Gasteiger partial charge in [0, 0.05) is 6.04 Å². The Hall–Kier alpha value is -1.98. The van der Waals surface area contributed by atoms with Crippen molar-refractivity contribution < 1.29 is 19.0 Å². The number of methoxy groups -OCH3 is 1. The molecule has 2 N–H and O–H groups in total. The lowest BCUT2D eigenvalue weighted by atomic mass is 10.1. The first-order chi connectivity index (χ1) is 10.6. The summed E-state index contributed by atoms with van der Waals surface area (Å²) in [5.74, 6) is 3.12. The minimum Gasteiger partial charge on any atom is -0.493 e. The molecule has 0 saturated carbocycles. The Balaban J connectivity index is 2.01. The third kappa shape index (κ3) is 4.26. The van der Waals surface area contributed by atoms with Crippen LogP contribution in [0.3, 0.4) is 0 Å². The molecule has 120 valence electrons. The molecule has 1 atom stereocenters. The number of aryl methyl sites for hydroxylation is 1. The average Bonchev–Trinajstić information content (AvgIpc) is 2.95. The van der Waals surface area contributed by atoms with Crippen LogP contribution in [0.25, 0.3) is 0 Å². The van der Waals surface area contributed by atoms with E-state index in [9.17, 15) is 0 Å². The summed E-state index contributed by atoms with van der Waals surface area (Å²) in [5.41, 5.74) is 1.09. The van der Waals surface area contributed by atoms with Gasteiger partial charge in [-0.2, -0.15) is 0 Å². The molecule has 0 aliphatic heterocycles. The standard InChI is InChI=1S/C17H23NO4/c1-12-4-6-15(22-12)11-18-13(2)14-5-7-16(21-9-8-19)17(10-14)20-3/h4-7,10,13,18-19H,8-9,11H2,1-3H3. The van der Waals surface area contributed by atoms with E-state index in [1.54, 1.807) is 7.11 Å². The van der Waals surface area contributed by atoms with E-state index in [2.05, 4.69) is 12.2 Å². The van der Waals surface area contributed by atoms with E-state index < -0.39 is 0 Å². The predicted octanol–water partition coefficient (Wildman–Crippen LogP) is 2.82. The molecule has 0 aliphatic carbocycles. The molecular weight excluding hydrogens is 282 g/mol. The van der Waals surface area contributed by atoms with Gasteiger partial charge in [0.15, 0.2) is 11.5 Å². The van der Waals surface area contributed by atoms with Crippen LogP contribution in [-0.2, 0) is 6.54 Å². The summed E-state index contributed by atoms with van der Waals surface area (Å²) in [4.78, 5) is 0. The number of nitrogens with one attached hydrogen (secondary N) is 1. The van der Waals surface area contributed by atoms with Crippen molar-refractivity contribution in [1.82, 2.24) is 5.32 Å². The van der Waals surface area contributed by atoms with Crippen LogP contribution in [0.4, 0.5) is 0 Å². The van der Waals surface area contributed by atoms with Crippen LogP contribution in [-0.4, -0.2) is 25.4 Å². The quantitative estimate of drug-likeness (QED) is 0.785. The fraction of sp³-hybridized carbons (Fsp3) is 0.412. The highest BCUT2D eigenvalue weighted by Gasteiger charge is 2.11. The van der Waals surface area contributed by atoms with Gasteiger partial charge in [0.25, 0.3) is 0 Å². The lowest BCUT2D eigenvalue weighted by molar-refractivity contribution is 0.196. The second kappa shape index (κ2) is 7.87. The molecule has 5 nitrogen and oxygen atoms in total. The second-order valence-electron chi connectivity index (χ2n) is 5.10. The highest BCUT2D eigenvalue weighted by molar-refractivity contribution is 5.43. The fourth-order valence-corrected chi connectivity index (χ4v) is 2.18. The molecule has 2 aromatic rings. The molecule has 2 rings (SSSR count). The Bertz CT molecular complexity index is 594. The molecule has 0 bridgehead atoms. The number of benzene rings is 1. The second-order valence-corrected chi connectivity index (χ2v) is 5.10. The zero-order valence-corrected chi connectivity index (χ0v) is 13.3. The van der Waals surface area contributed by atoms with Gasteiger partial charge in [-0.15, -0.1) is 0 Å². The van der Waals surface area contributed by atoms with Gasteiger partial charge in [-0.1, -0.05) is 6.07 Å². The average molecular weight is 305 g/mol. The Morgan fingerprint density at radius 3 is 2.68 bits per heavy atom. The van der Waals surface area contributed by atoms with Gasteiger partial charge >= 0.3 is 0 Å². The number of hydrogen-bond acceptors (Lipinski definition) is 5. The minimum atomic E-state index is -0.0224. The van der Waals surface area contributed by atoms with Crippen molar-refractivity contribution in [2.75, 3.05) is 20.3 Å². The zero-order chi connectivity index (χ0) is 15.9. The smallest absolute Gasteiger partial charge is 0.161 e. The summed E-state index contributed by atoms with van der Waals surface area (Å²) < 4.78 is 16.3. The first-order valence-corrected chi connectivity index (χ1v) is 7.34. The Labute approximate surface area is 130 Å². The van der Waals surface area contributed by atoms with Crippen molar-refractivity contribution in [2.24, 2.45) is 0 Å². The van der Waals surface area contributed by atoms with E-state index >= 15 is 0 Å². The van der Waals surface area contributed by atoms with Gasteiger partial charge in [-0.05, 0) is 43.7 Å². The van der Waals surface area contributed by atoms with Crippen molar-refractivity contribution in [2.45, 2.75) is 26.4 Å².